The normalized spacial score (nSPS) is 24.8. The number of hydrogen-bond acceptors (Lipinski definition) is 4. The molecule has 1 aromatic rings. The van der Waals surface area contributed by atoms with Crippen molar-refractivity contribution in [3.63, 3.8) is 0 Å². The summed E-state index contributed by atoms with van der Waals surface area (Å²) in [5.41, 5.74) is 1.35. The van der Waals surface area contributed by atoms with E-state index in [0.29, 0.717) is 4.90 Å². The Morgan fingerprint density at radius 1 is 1.30 bits per heavy atom. The molecule has 1 aromatic carbocycles. The number of piperazine rings is 1. The monoisotopic (exact) mass is 296 g/mol. The second-order valence-electron chi connectivity index (χ2n) is 5.97. The van der Waals surface area contributed by atoms with Crippen molar-refractivity contribution >= 4 is 9.84 Å². The van der Waals surface area contributed by atoms with E-state index < -0.39 is 9.84 Å². The van der Waals surface area contributed by atoms with Crippen LogP contribution in [0.3, 0.4) is 0 Å². The molecular weight excluding hydrogens is 272 g/mol. The Kier molecular flexibility index (Phi) is 4.52. The highest BCUT2D eigenvalue weighted by molar-refractivity contribution is 7.90. The number of hydrogen-bond donors (Lipinski definition) is 1. The average molecular weight is 296 g/mol. The highest BCUT2D eigenvalue weighted by atomic mass is 32.2. The zero-order valence-corrected chi connectivity index (χ0v) is 13.3. The second-order valence-corrected chi connectivity index (χ2v) is 7.98. The first kappa shape index (κ1) is 15.5. The van der Waals surface area contributed by atoms with Crippen molar-refractivity contribution in [1.29, 1.82) is 0 Å². The molecular formula is C15H24N2O2S. The van der Waals surface area contributed by atoms with E-state index in [2.05, 4.69) is 24.1 Å². The third-order valence-electron chi connectivity index (χ3n) is 4.09. The lowest BCUT2D eigenvalue weighted by Gasteiger charge is -2.41. The van der Waals surface area contributed by atoms with E-state index in [1.165, 1.54) is 6.26 Å². The molecule has 20 heavy (non-hydrogen) atoms. The van der Waals surface area contributed by atoms with Gasteiger partial charge in [-0.05, 0) is 31.0 Å². The van der Waals surface area contributed by atoms with Crippen LogP contribution in [0.2, 0.25) is 0 Å². The van der Waals surface area contributed by atoms with Crippen LogP contribution in [-0.4, -0.2) is 44.7 Å². The van der Waals surface area contributed by atoms with Gasteiger partial charge in [-0.25, -0.2) is 8.42 Å². The van der Waals surface area contributed by atoms with Crippen molar-refractivity contribution in [1.82, 2.24) is 10.2 Å². The molecule has 2 rings (SSSR count). The van der Waals surface area contributed by atoms with Crippen LogP contribution in [-0.2, 0) is 16.4 Å². The number of benzene rings is 1. The van der Waals surface area contributed by atoms with Gasteiger partial charge in [-0.3, -0.25) is 4.90 Å². The summed E-state index contributed by atoms with van der Waals surface area (Å²) >= 11 is 0. The van der Waals surface area contributed by atoms with Crippen LogP contribution >= 0.6 is 0 Å². The van der Waals surface area contributed by atoms with Crippen molar-refractivity contribution in [3.05, 3.63) is 29.8 Å². The van der Waals surface area contributed by atoms with Gasteiger partial charge < -0.3 is 5.32 Å². The first-order chi connectivity index (χ1) is 9.32. The van der Waals surface area contributed by atoms with E-state index in [1.807, 2.05) is 12.1 Å². The zero-order chi connectivity index (χ0) is 14.8. The molecule has 4 nitrogen and oxygen atoms in total. The van der Waals surface area contributed by atoms with Gasteiger partial charge >= 0.3 is 0 Å². The summed E-state index contributed by atoms with van der Waals surface area (Å²) in [7, 11) is -3.10. The second kappa shape index (κ2) is 5.84. The SMILES string of the molecule is CCC1(C)CN(Cc2ccc(S(C)(=O)=O)cc2)CCN1. The van der Waals surface area contributed by atoms with E-state index in [4.69, 9.17) is 0 Å². The molecule has 0 amide bonds. The van der Waals surface area contributed by atoms with Gasteiger partial charge in [0.2, 0.25) is 0 Å². The maximum Gasteiger partial charge on any atom is 0.175 e. The summed E-state index contributed by atoms with van der Waals surface area (Å²) in [6.45, 7) is 8.40. The van der Waals surface area contributed by atoms with E-state index in [1.54, 1.807) is 12.1 Å². The quantitative estimate of drug-likeness (QED) is 0.918. The molecule has 1 unspecified atom stereocenters. The molecule has 0 aliphatic carbocycles. The van der Waals surface area contributed by atoms with E-state index in [9.17, 15) is 8.42 Å². The fourth-order valence-electron chi connectivity index (χ4n) is 2.62. The van der Waals surface area contributed by atoms with Crippen molar-refractivity contribution in [3.8, 4) is 0 Å². The van der Waals surface area contributed by atoms with Gasteiger partial charge in [-0.2, -0.15) is 0 Å². The summed E-state index contributed by atoms with van der Waals surface area (Å²) in [5.74, 6) is 0. The summed E-state index contributed by atoms with van der Waals surface area (Å²) in [6.07, 6.45) is 2.35. The largest absolute Gasteiger partial charge is 0.309 e. The highest BCUT2D eigenvalue weighted by Gasteiger charge is 2.28. The Hall–Kier alpha value is -0.910. The fourth-order valence-corrected chi connectivity index (χ4v) is 3.25. The fraction of sp³-hybridized carbons (Fsp3) is 0.600. The molecule has 5 heteroatoms. The lowest BCUT2D eigenvalue weighted by atomic mass is 9.95. The standard InChI is InChI=1S/C15H24N2O2S/c1-4-15(2)12-17(10-9-16-15)11-13-5-7-14(8-6-13)20(3,18)19/h5-8,16H,4,9-12H2,1-3H3. The molecule has 1 aliphatic rings. The lowest BCUT2D eigenvalue weighted by molar-refractivity contribution is 0.133. The van der Waals surface area contributed by atoms with Gasteiger partial charge in [0, 0.05) is 38.0 Å². The molecule has 0 spiro atoms. The van der Waals surface area contributed by atoms with Crippen LogP contribution in [0.1, 0.15) is 25.8 Å². The summed E-state index contributed by atoms with van der Waals surface area (Å²) in [5, 5.41) is 3.57. The first-order valence-electron chi connectivity index (χ1n) is 7.09. The molecule has 112 valence electrons. The predicted molar refractivity (Wildman–Crippen MR) is 81.5 cm³/mol. The van der Waals surface area contributed by atoms with Crippen LogP contribution in [0.5, 0.6) is 0 Å². The van der Waals surface area contributed by atoms with Gasteiger partial charge in [0.1, 0.15) is 0 Å². The highest BCUT2D eigenvalue weighted by Crippen LogP contribution is 2.18. The number of nitrogens with zero attached hydrogens (tertiary/aromatic N) is 1. The molecule has 1 heterocycles. The number of sulfone groups is 1. The molecule has 1 aliphatic heterocycles. The Balaban J connectivity index is 2.03. The number of rotatable bonds is 4. The van der Waals surface area contributed by atoms with Crippen LogP contribution in [0.4, 0.5) is 0 Å². The van der Waals surface area contributed by atoms with Crippen LogP contribution in [0.15, 0.2) is 29.2 Å². The maximum absolute atomic E-state index is 11.4. The summed E-state index contributed by atoms with van der Waals surface area (Å²) in [6, 6.07) is 7.24. The van der Waals surface area contributed by atoms with Crippen LogP contribution in [0, 0.1) is 0 Å². The molecule has 0 radical (unpaired) electrons. The maximum atomic E-state index is 11.4. The topological polar surface area (TPSA) is 49.4 Å². The smallest absolute Gasteiger partial charge is 0.175 e. The van der Waals surface area contributed by atoms with Crippen molar-refractivity contribution in [2.75, 3.05) is 25.9 Å². The van der Waals surface area contributed by atoms with Crippen LogP contribution < -0.4 is 5.32 Å². The number of nitrogens with one attached hydrogen (secondary N) is 1. The molecule has 1 N–H and O–H groups in total. The van der Waals surface area contributed by atoms with Gasteiger partial charge in [0.05, 0.1) is 4.90 Å². The molecule has 1 saturated heterocycles. The Morgan fingerprint density at radius 2 is 1.95 bits per heavy atom. The van der Waals surface area contributed by atoms with Gasteiger partial charge in [0.25, 0.3) is 0 Å². The third-order valence-corrected chi connectivity index (χ3v) is 5.22. The lowest BCUT2D eigenvalue weighted by Crippen LogP contribution is -2.58. The molecule has 0 aromatic heterocycles. The van der Waals surface area contributed by atoms with Crippen LogP contribution in [0.25, 0.3) is 0 Å². The van der Waals surface area contributed by atoms with Gasteiger partial charge in [-0.15, -0.1) is 0 Å². The van der Waals surface area contributed by atoms with Gasteiger partial charge in [0.15, 0.2) is 9.84 Å². The molecule has 1 fully saturated rings. The molecule has 0 bridgehead atoms. The molecule has 0 saturated carbocycles. The van der Waals surface area contributed by atoms with Crippen molar-refractivity contribution < 1.29 is 8.42 Å². The molecule has 1 atom stereocenters. The predicted octanol–water partition coefficient (Wildman–Crippen LogP) is 1.66. The van der Waals surface area contributed by atoms with Gasteiger partial charge in [-0.1, -0.05) is 19.1 Å². The summed E-state index contributed by atoms with van der Waals surface area (Å²) in [4.78, 5) is 2.81. The zero-order valence-electron chi connectivity index (χ0n) is 12.5. The van der Waals surface area contributed by atoms with E-state index in [-0.39, 0.29) is 5.54 Å². The third kappa shape index (κ3) is 3.81. The minimum absolute atomic E-state index is 0.185. The van der Waals surface area contributed by atoms with E-state index >= 15 is 0 Å². The Bertz CT molecular complexity index is 554. The first-order valence-corrected chi connectivity index (χ1v) is 8.98. The Labute approximate surface area is 122 Å². The minimum atomic E-state index is -3.10. The van der Waals surface area contributed by atoms with Crippen molar-refractivity contribution in [2.45, 2.75) is 37.2 Å². The average Bonchev–Trinajstić information content (AvgIpc) is 2.38. The summed E-state index contributed by atoms with van der Waals surface area (Å²) < 4.78 is 22.9. The minimum Gasteiger partial charge on any atom is -0.309 e. The van der Waals surface area contributed by atoms with Crippen molar-refractivity contribution in [2.24, 2.45) is 0 Å². The Morgan fingerprint density at radius 3 is 2.50 bits per heavy atom. The van der Waals surface area contributed by atoms with E-state index in [0.717, 1.165) is 38.2 Å².